The van der Waals surface area contributed by atoms with Crippen LogP contribution in [0.1, 0.15) is 27.9 Å². The molecule has 0 bridgehead atoms. The maximum Gasteiger partial charge on any atom is 0.358 e. The van der Waals surface area contributed by atoms with Gasteiger partial charge in [-0.1, -0.05) is 0 Å². The summed E-state index contributed by atoms with van der Waals surface area (Å²) in [4.78, 5) is 30.5. The van der Waals surface area contributed by atoms with E-state index in [0.29, 0.717) is 12.2 Å². The minimum atomic E-state index is -1.24. The first-order chi connectivity index (χ1) is 9.13. The van der Waals surface area contributed by atoms with Gasteiger partial charge < -0.3 is 15.0 Å². The van der Waals surface area contributed by atoms with Gasteiger partial charge in [0.05, 0.1) is 0 Å². The molecule has 98 valence electrons. The predicted molar refractivity (Wildman–Crippen MR) is 67.1 cm³/mol. The maximum atomic E-state index is 12.0. The molecule has 0 aliphatic rings. The van der Waals surface area contributed by atoms with Gasteiger partial charge in [0.15, 0.2) is 11.5 Å². The number of aromatic nitrogens is 3. The van der Waals surface area contributed by atoms with E-state index < -0.39 is 11.9 Å². The number of anilines is 1. The Kier molecular flexibility index (Phi) is 3.56. The lowest BCUT2D eigenvalue weighted by molar-refractivity contribution is 0.0691. The Morgan fingerprint density at radius 1 is 1.37 bits per heavy atom. The van der Waals surface area contributed by atoms with Crippen molar-refractivity contribution in [1.29, 1.82) is 0 Å². The second-order valence-electron chi connectivity index (χ2n) is 3.69. The molecule has 2 N–H and O–H groups in total. The van der Waals surface area contributed by atoms with Crippen LogP contribution in [0, 0.1) is 0 Å². The first-order valence-electron chi connectivity index (χ1n) is 5.64. The third-order valence-electron chi connectivity index (χ3n) is 2.54. The number of carboxylic acids is 1. The number of aromatic carboxylic acids is 1. The van der Waals surface area contributed by atoms with Gasteiger partial charge in [-0.3, -0.25) is 4.79 Å². The fraction of sp³-hybridized carbons (Fsp3) is 0.167. The largest absolute Gasteiger partial charge is 0.476 e. The molecule has 0 aliphatic heterocycles. The summed E-state index contributed by atoms with van der Waals surface area (Å²) in [6.45, 7) is 2.55. The smallest absolute Gasteiger partial charge is 0.358 e. The van der Waals surface area contributed by atoms with Crippen molar-refractivity contribution < 1.29 is 14.7 Å². The van der Waals surface area contributed by atoms with Gasteiger partial charge in [0.1, 0.15) is 5.69 Å². The summed E-state index contributed by atoms with van der Waals surface area (Å²) in [6.07, 6.45) is 4.35. The number of nitrogens with zero attached hydrogens (tertiary/aromatic N) is 3. The number of carbonyl (C=O) groups is 2. The highest BCUT2D eigenvalue weighted by molar-refractivity contribution is 6.05. The van der Waals surface area contributed by atoms with Crippen LogP contribution in [0.3, 0.4) is 0 Å². The van der Waals surface area contributed by atoms with E-state index in [9.17, 15) is 9.59 Å². The molecule has 2 rings (SSSR count). The number of amides is 1. The highest BCUT2D eigenvalue weighted by Gasteiger charge is 2.17. The Morgan fingerprint density at radius 2 is 2.11 bits per heavy atom. The summed E-state index contributed by atoms with van der Waals surface area (Å²) in [5, 5.41) is 11.4. The van der Waals surface area contributed by atoms with Crippen molar-refractivity contribution in [2.24, 2.45) is 0 Å². The minimum absolute atomic E-state index is 0.0659. The number of hydrogen-bond donors (Lipinski definition) is 2. The zero-order valence-corrected chi connectivity index (χ0v) is 10.2. The Hall–Kier alpha value is -2.70. The van der Waals surface area contributed by atoms with Gasteiger partial charge in [0, 0.05) is 25.1 Å². The number of nitrogens with one attached hydrogen (secondary N) is 1. The van der Waals surface area contributed by atoms with E-state index in [1.807, 2.05) is 6.92 Å². The van der Waals surface area contributed by atoms with Crippen molar-refractivity contribution in [2.45, 2.75) is 13.5 Å². The quantitative estimate of drug-likeness (QED) is 0.862. The second-order valence-corrected chi connectivity index (χ2v) is 3.69. The zero-order chi connectivity index (χ0) is 13.8. The molecule has 2 aromatic rings. The summed E-state index contributed by atoms with van der Waals surface area (Å²) < 4.78 is 1.74. The van der Waals surface area contributed by atoms with Gasteiger partial charge in [-0.15, -0.1) is 0 Å². The normalized spacial score (nSPS) is 10.2. The molecule has 0 radical (unpaired) electrons. The molecule has 0 atom stereocenters. The van der Waals surface area contributed by atoms with E-state index in [4.69, 9.17) is 5.11 Å². The number of rotatable bonds is 4. The van der Waals surface area contributed by atoms with Crippen LogP contribution in [0.15, 0.2) is 30.7 Å². The van der Waals surface area contributed by atoms with E-state index in [1.165, 1.54) is 12.4 Å². The SMILES string of the molecule is CCn1cccc1C(=O)Nc1nccnc1C(=O)O. The third-order valence-corrected chi connectivity index (χ3v) is 2.54. The number of carboxylic acid groups (broad SMARTS) is 1. The van der Waals surface area contributed by atoms with Gasteiger partial charge in [-0.05, 0) is 19.1 Å². The van der Waals surface area contributed by atoms with Gasteiger partial charge in [0.2, 0.25) is 0 Å². The maximum absolute atomic E-state index is 12.0. The predicted octanol–water partition coefficient (Wildman–Crippen LogP) is 1.25. The first-order valence-corrected chi connectivity index (χ1v) is 5.64. The van der Waals surface area contributed by atoms with Gasteiger partial charge in [-0.25, -0.2) is 14.8 Å². The van der Waals surface area contributed by atoms with Gasteiger partial charge in [0.25, 0.3) is 5.91 Å². The average Bonchev–Trinajstić information content (AvgIpc) is 2.87. The Bertz CT molecular complexity index is 621. The highest BCUT2D eigenvalue weighted by atomic mass is 16.4. The lowest BCUT2D eigenvalue weighted by atomic mass is 10.3. The number of aryl methyl sites for hydroxylation is 1. The van der Waals surface area contributed by atoms with E-state index in [-0.39, 0.29) is 11.5 Å². The lowest BCUT2D eigenvalue weighted by Crippen LogP contribution is -2.19. The van der Waals surface area contributed by atoms with E-state index in [0.717, 1.165) is 0 Å². The molecule has 7 heteroatoms. The molecule has 0 saturated carbocycles. The average molecular weight is 260 g/mol. The third kappa shape index (κ3) is 2.59. The molecule has 0 unspecified atom stereocenters. The molecule has 19 heavy (non-hydrogen) atoms. The van der Waals surface area contributed by atoms with Crippen LogP contribution in [-0.4, -0.2) is 31.5 Å². The van der Waals surface area contributed by atoms with E-state index in [1.54, 1.807) is 22.9 Å². The molecule has 0 spiro atoms. The second kappa shape index (κ2) is 5.30. The summed E-state index contributed by atoms with van der Waals surface area (Å²) in [7, 11) is 0. The van der Waals surface area contributed by atoms with Crippen molar-refractivity contribution in [3.8, 4) is 0 Å². The van der Waals surface area contributed by atoms with Crippen LogP contribution in [0.5, 0.6) is 0 Å². The van der Waals surface area contributed by atoms with Crippen LogP contribution < -0.4 is 5.32 Å². The summed E-state index contributed by atoms with van der Waals surface area (Å²) >= 11 is 0. The van der Waals surface area contributed by atoms with Crippen LogP contribution in [0.25, 0.3) is 0 Å². The number of hydrogen-bond acceptors (Lipinski definition) is 4. The molecule has 7 nitrogen and oxygen atoms in total. The highest BCUT2D eigenvalue weighted by Crippen LogP contribution is 2.11. The van der Waals surface area contributed by atoms with Crippen LogP contribution in [0.2, 0.25) is 0 Å². The first kappa shape index (κ1) is 12.7. The van der Waals surface area contributed by atoms with E-state index in [2.05, 4.69) is 15.3 Å². The van der Waals surface area contributed by atoms with Crippen molar-refractivity contribution in [1.82, 2.24) is 14.5 Å². The summed E-state index contributed by atoms with van der Waals surface area (Å²) in [6, 6.07) is 3.39. The van der Waals surface area contributed by atoms with Crippen molar-refractivity contribution in [3.05, 3.63) is 42.1 Å². The molecule has 0 fully saturated rings. The van der Waals surface area contributed by atoms with E-state index >= 15 is 0 Å². The Balaban J connectivity index is 2.27. The monoisotopic (exact) mass is 260 g/mol. The van der Waals surface area contributed by atoms with Crippen LogP contribution in [0.4, 0.5) is 5.82 Å². The number of carbonyl (C=O) groups excluding carboxylic acids is 1. The molecule has 0 aromatic carbocycles. The Morgan fingerprint density at radius 3 is 2.79 bits per heavy atom. The minimum Gasteiger partial charge on any atom is -0.476 e. The molecule has 0 aliphatic carbocycles. The standard InChI is InChI=1S/C12H12N4O3/c1-2-16-7-3-4-8(16)11(17)15-10-9(12(18)19)13-5-6-14-10/h3-7H,2H2,1H3,(H,18,19)(H,14,15,17). The van der Waals surface area contributed by atoms with Crippen molar-refractivity contribution in [2.75, 3.05) is 5.32 Å². The molecule has 2 heterocycles. The fourth-order valence-corrected chi connectivity index (χ4v) is 1.65. The van der Waals surface area contributed by atoms with Crippen molar-refractivity contribution in [3.63, 3.8) is 0 Å². The van der Waals surface area contributed by atoms with Crippen LogP contribution >= 0.6 is 0 Å². The molecule has 1 amide bonds. The summed E-state index contributed by atoms with van der Waals surface area (Å²) in [5.41, 5.74) is 0.148. The lowest BCUT2D eigenvalue weighted by Gasteiger charge is -2.08. The van der Waals surface area contributed by atoms with Gasteiger partial charge in [-0.2, -0.15) is 0 Å². The van der Waals surface area contributed by atoms with Gasteiger partial charge >= 0.3 is 5.97 Å². The topological polar surface area (TPSA) is 97.1 Å². The zero-order valence-electron chi connectivity index (χ0n) is 10.2. The molecule has 0 saturated heterocycles. The van der Waals surface area contributed by atoms with Crippen LogP contribution in [-0.2, 0) is 6.54 Å². The molecular weight excluding hydrogens is 248 g/mol. The van der Waals surface area contributed by atoms with Crippen molar-refractivity contribution >= 4 is 17.7 Å². The fourth-order valence-electron chi connectivity index (χ4n) is 1.65. The molecule has 2 aromatic heterocycles. The summed E-state index contributed by atoms with van der Waals surface area (Å²) in [5.74, 6) is -1.73. The molecular formula is C12H12N4O3. The Labute approximate surface area is 108 Å².